The van der Waals surface area contributed by atoms with Crippen molar-refractivity contribution in [3.05, 3.63) is 175 Å². The van der Waals surface area contributed by atoms with Gasteiger partial charge in [-0.05, 0) is 174 Å². The molecule has 2 aromatic heterocycles. The van der Waals surface area contributed by atoms with Crippen LogP contribution in [0.2, 0.25) is 25.1 Å². The molecule has 612 valence electrons. The Kier molecular flexibility index (Phi) is 55.5. The first kappa shape index (κ1) is 102. The fourth-order valence-corrected chi connectivity index (χ4v) is 21.9. The highest BCUT2D eigenvalue weighted by molar-refractivity contribution is 8.77. The summed E-state index contributed by atoms with van der Waals surface area (Å²) < 4.78 is 53.3. The number of sulfone groups is 2. The van der Waals surface area contributed by atoms with E-state index in [1.165, 1.54) is 24.6 Å². The summed E-state index contributed by atoms with van der Waals surface area (Å²) in [6, 6.07) is 31.1. The van der Waals surface area contributed by atoms with Crippen LogP contribution < -0.4 is 16.0 Å². The lowest BCUT2D eigenvalue weighted by Crippen LogP contribution is -2.27. The second kappa shape index (κ2) is 60.0. The van der Waals surface area contributed by atoms with E-state index in [9.17, 15) is 31.2 Å². The molecule has 0 aliphatic rings. The molecule has 110 heavy (non-hydrogen) atoms. The standard InChI is InChI=1S/C16H24N4O2S3.C15H22N4O2S3.2C14H20Cl2N2OS2.C14H20ClNOS2/c1-14-5-7-15(8-6-14)25(21,22)16-13-20(18-17-16)9-4-11-23-24-12-10-19(2)3;1-13-4-6-14(7-5-13)24(20,21)15-12-19(17-16-15)9-11-23-22-10-8-18(2)3;1-18(2)7-9-21-20-8-3-6-17-14(19)11-4-5-12(15)13(16)10-11;1-18(2)6-8-21-20-7-5-17-14(19)10-11-3-4-12(15)13(16)9-11;1-2-9-18-19-10-3-8-16-14(17)11-12-4-6-13(15)7-5-12/h5-8,13H,4,9-12H2,1-3H3;4-7,12H,8-11H2,1-3H3;4-5,10H,3,6-9H2,1-2H3,(H,17,19);3-4,9H,5-8,10H2,1-2H3,(H,17,19);4-7H,2-3,8-11H2,1H3,(H,16,17). The Hall–Kier alpha value is -2.52. The van der Waals surface area contributed by atoms with Gasteiger partial charge in [-0.15, -0.1) is 10.2 Å². The molecule has 0 aliphatic carbocycles. The van der Waals surface area contributed by atoms with Gasteiger partial charge in [0.1, 0.15) is 0 Å². The van der Waals surface area contributed by atoms with E-state index >= 15 is 0 Å². The minimum absolute atomic E-state index is 0.00314. The summed E-state index contributed by atoms with van der Waals surface area (Å²) in [5, 5.41) is 26.8. The Labute approximate surface area is 719 Å². The van der Waals surface area contributed by atoms with Gasteiger partial charge in [-0.25, -0.2) is 16.8 Å². The molecular formula is C73H106Cl5N13O7S12. The van der Waals surface area contributed by atoms with Crippen molar-refractivity contribution in [1.29, 1.82) is 0 Å². The zero-order valence-electron chi connectivity index (χ0n) is 64.3. The zero-order valence-corrected chi connectivity index (χ0v) is 77.9. The Morgan fingerprint density at radius 1 is 0.409 bits per heavy atom. The van der Waals surface area contributed by atoms with Gasteiger partial charge in [0.25, 0.3) is 5.91 Å². The van der Waals surface area contributed by atoms with E-state index in [2.05, 4.69) is 119 Å². The van der Waals surface area contributed by atoms with Gasteiger partial charge in [-0.2, -0.15) is 0 Å². The van der Waals surface area contributed by atoms with Gasteiger partial charge < -0.3 is 35.6 Å². The molecule has 3 amide bonds. The van der Waals surface area contributed by atoms with E-state index in [-0.39, 0.29) is 37.6 Å². The van der Waals surface area contributed by atoms with Crippen molar-refractivity contribution in [3.8, 4) is 0 Å². The van der Waals surface area contributed by atoms with Crippen molar-refractivity contribution >= 4 is 203 Å². The van der Waals surface area contributed by atoms with E-state index in [0.29, 0.717) is 69.7 Å². The summed E-state index contributed by atoms with van der Waals surface area (Å²) >= 11 is 29.3. The number of rotatable bonds is 46. The number of halogens is 5. The summed E-state index contributed by atoms with van der Waals surface area (Å²) in [7, 11) is 27.7. The van der Waals surface area contributed by atoms with Gasteiger partial charge in [-0.3, -0.25) is 23.7 Å². The average molecular weight is 1840 g/mol. The maximum Gasteiger partial charge on any atom is 0.251 e. The van der Waals surface area contributed by atoms with Crippen LogP contribution in [-0.2, 0) is 55.2 Å². The second-order valence-electron chi connectivity index (χ2n) is 25.1. The van der Waals surface area contributed by atoms with Crippen molar-refractivity contribution in [2.45, 2.75) is 92.2 Å². The predicted octanol–water partition coefficient (Wildman–Crippen LogP) is 16.9. The van der Waals surface area contributed by atoms with Gasteiger partial charge in [0.05, 0.1) is 61.7 Å². The monoisotopic (exact) mass is 1840 g/mol. The van der Waals surface area contributed by atoms with Gasteiger partial charge in [-0.1, -0.05) is 237 Å². The lowest BCUT2D eigenvalue weighted by Gasteiger charge is -2.08. The molecule has 0 radical (unpaired) electrons. The Balaban J connectivity index is 0.000000358. The van der Waals surface area contributed by atoms with Crippen LogP contribution in [0.5, 0.6) is 0 Å². The third-order valence-electron chi connectivity index (χ3n) is 14.2. The number of aromatic nitrogens is 6. The number of nitrogens with one attached hydrogen (secondary N) is 3. The molecule has 0 atom stereocenters. The number of aryl methyl sites for hydroxylation is 4. The minimum atomic E-state index is -3.60. The van der Waals surface area contributed by atoms with E-state index < -0.39 is 19.7 Å². The summed E-state index contributed by atoms with van der Waals surface area (Å²) in [4.78, 5) is 44.5. The quantitative estimate of drug-likeness (QED) is 0.0238. The first-order valence-electron chi connectivity index (χ1n) is 35.2. The molecule has 37 heteroatoms. The van der Waals surface area contributed by atoms with E-state index in [4.69, 9.17) is 58.0 Å². The second-order valence-corrected chi connectivity index (χ2v) is 44.4. The van der Waals surface area contributed by atoms with Crippen LogP contribution in [0.25, 0.3) is 0 Å². The van der Waals surface area contributed by atoms with Crippen molar-refractivity contribution in [2.24, 2.45) is 0 Å². The number of hydrogen-bond donors (Lipinski definition) is 3. The van der Waals surface area contributed by atoms with Crippen LogP contribution in [0.15, 0.2) is 141 Å². The van der Waals surface area contributed by atoms with Crippen molar-refractivity contribution < 1.29 is 31.2 Å². The highest BCUT2D eigenvalue weighted by Crippen LogP contribution is 2.28. The number of benzene rings is 5. The van der Waals surface area contributed by atoms with E-state index in [0.717, 1.165) is 126 Å². The molecule has 0 unspecified atom stereocenters. The number of amides is 3. The lowest BCUT2D eigenvalue weighted by atomic mass is 10.1. The number of carbonyl (C=O) groups is 3. The minimum Gasteiger partial charge on any atom is -0.356 e. The first-order chi connectivity index (χ1) is 52.5. The Morgan fingerprint density at radius 3 is 1.25 bits per heavy atom. The Bertz CT molecular complexity index is 3940. The molecule has 0 fully saturated rings. The molecule has 7 aromatic rings. The maximum atomic E-state index is 12.5. The zero-order chi connectivity index (χ0) is 81.1. The smallest absolute Gasteiger partial charge is 0.251 e. The molecule has 20 nitrogen and oxygen atoms in total. The van der Waals surface area contributed by atoms with Crippen LogP contribution in [0.4, 0.5) is 0 Å². The lowest BCUT2D eigenvalue weighted by molar-refractivity contribution is -0.121. The fraction of sp³-hybridized carbons (Fsp3) is 0.493. The van der Waals surface area contributed by atoms with E-state index in [1.807, 2.05) is 120 Å². The van der Waals surface area contributed by atoms with E-state index in [1.54, 1.807) is 121 Å². The molecular weight excluding hydrogens is 1730 g/mol. The molecule has 0 bridgehead atoms. The summed E-state index contributed by atoms with van der Waals surface area (Å²) in [5.41, 5.74) is 4.44. The summed E-state index contributed by atoms with van der Waals surface area (Å²) in [6.07, 6.45) is 7.88. The molecule has 3 N–H and O–H groups in total. The molecule has 0 spiro atoms. The van der Waals surface area contributed by atoms with Gasteiger partial charge in [0, 0.05) is 120 Å². The van der Waals surface area contributed by atoms with Gasteiger partial charge in [0.15, 0.2) is 0 Å². The third kappa shape index (κ3) is 47.0. The normalized spacial score (nSPS) is 11.3. The highest BCUT2D eigenvalue weighted by Gasteiger charge is 2.23. The Morgan fingerprint density at radius 2 is 0.791 bits per heavy atom. The van der Waals surface area contributed by atoms with Crippen LogP contribution in [0.1, 0.15) is 65.2 Å². The van der Waals surface area contributed by atoms with Crippen LogP contribution in [0.3, 0.4) is 0 Å². The van der Waals surface area contributed by atoms with Crippen LogP contribution in [0, 0.1) is 13.8 Å². The molecule has 0 saturated heterocycles. The molecule has 2 heterocycles. The first-order valence-corrected chi connectivity index (χ1v) is 52.5. The predicted molar refractivity (Wildman–Crippen MR) is 486 cm³/mol. The van der Waals surface area contributed by atoms with Gasteiger partial charge in [0.2, 0.25) is 41.5 Å². The molecule has 5 aromatic carbocycles. The van der Waals surface area contributed by atoms with Crippen molar-refractivity contribution in [1.82, 2.24) is 65.5 Å². The van der Waals surface area contributed by atoms with Gasteiger partial charge >= 0.3 is 0 Å². The average Bonchev–Trinajstić information content (AvgIpc) is 1.70. The van der Waals surface area contributed by atoms with Crippen LogP contribution in [-0.4, -0.2) is 244 Å². The summed E-state index contributed by atoms with van der Waals surface area (Å²) in [6.45, 7) is 13.7. The number of nitrogens with zero attached hydrogens (tertiary/aromatic N) is 10. The summed E-state index contributed by atoms with van der Waals surface area (Å²) in [5.74, 6) is 10.4. The third-order valence-corrected chi connectivity index (χ3v) is 31.6. The maximum absolute atomic E-state index is 12.5. The van der Waals surface area contributed by atoms with Crippen molar-refractivity contribution in [2.75, 3.05) is 160 Å². The van der Waals surface area contributed by atoms with Crippen molar-refractivity contribution in [3.63, 3.8) is 0 Å². The highest BCUT2D eigenvalue weighted by atomic mass is 35.5. The molecule has 0 saturated carbocycles. The molecule has 0 aliphatic heterocycles. The largest absolute Gasteiger partial charge is 0.356 e. The SMILES string of the molecule is CCCSSCCCNC(=O)Cc1ccc(Cl)cc1.CN(C)CCSSCCCNC(=O)c1ccc(Cl)c(Cl)c1.CN(C)CCSSCCNC(=O)Cc1ccc(Cl)c(Cl)c1.Cc1ccc(S(=O)(=O)c2cn(CCCSSCCN(C)C)nn2)cc1.Cc1ccc(S(=O)(=O)c2cn(CCSSCCN(C)C)nn2)cc1. The topological polar surface area (TPSA) is 230 Å². The molecule has 7 rings (SSSR count). The number of hydrogen-bond acceptors (Lipinski definition) is 25. The van der Waals surface area contributed by atoms with Crippen LogP contribution >= 0.6 is 166 Å². The fourth-order valence-electron chi connectivity index (χ4n) is 8.08. The number of carbonyl (C=O) groups excluding carboxylic acids is 3.